The predicted octanol–water partition coefficient (Wildman–Crippen LogP) is 3.57. The zero-order valence-electron chi connectivity index (χ0n) is 19.1. The molecule has 178 valence electrons. The van der Waals surface area contributed by atoms with Gasteiger partial charge in [-0.05, 0) is 18.4 Å². The predicted molar refractivity (Wildman–Crippen MR) is 132 cm³/mol. The van der Waals surface area contributed by atoms with Crippen LogP contribution in [0.3, 0.4) is 0 Å². The minimum atomic E-state index is -0.157. The number of aromatic amines is 1. The first-order valence-corrected chi connectivity index (χ1v) is 11.7. The summed E-state index contributed by atoms with van der Waals surface area (Å²) in [5.41, 5.74) is 3.07. The number of aliphatic hydroxyl groups excluding tert-OH is 1. The zero-order chi connectivity index (χ0) is 24.2. The maximum Gasteiger partial charge on any atom is 0.195 e. The summed E-state index contributed by atoms with van der Waals surface area (Å²) in [6.45, 7) is 0.466. The van der Waals surface area contributed by atoms with Gasteiger partial charge in [0.1, 0.15) is 17.8 Å². The lowest BCUT2D eigenvalue weighted by Gasteiger charge is -2.29. The van der Waals surface area contributed by atoms with E-state index < -0.39 is 0 Å². The van der Waals surface area contributed by atoms with E-state index in [-0.39, 0.29) is 36.7 Å². The number of aromatic nitrogens is 3. The lowest BCUT2D eigenvalue weighted by atomic mass is 9.99. The highest BCUT2D eigenvalue weighted by Crippen LogP contribution is 2.27. The van der Waals surface area contributed by atoms with Crippen LogP contribution in [0.25, 0.3) is 11.0 Å². The van der Waals surface area contributed by atoms with Gasteiger partial charge in [0.15, 0.2) is 11.6 Å². The Labute approximate surface area is 202 Å². The molecule has 1 saturated heterocycles. The summed E-state index contributed by atoms with van der Waals surface area (Å²) < 4.78 is 5.66. The first kappa shape index (κ1) is 22.9. The largest absolute Gasteiger partial charge is 0.394 e. The smallest absolute Gasteiger partial charge is 0.195 e. The number of nitrogens with one attached hydrogen (secondary N) is 2. The molecule has 2 aromatic heterocycles. The standard InChI is InChI=1S/C27H26N4O4/c32-14-21-11-10-20(15-35-21)31-27-24-22(13-28-26(24)29-16-30-27)25(34)19-8-6-17(7-9-19)12-23(33)18-4-2-1-3-5-18/h1-9,13,16,20-21,32H,10-12,14-15H2,(H2,28,29,30,31)/t20-,21+/m0/s1. The van der Waals surface area contributed by atoms with Crippen LogP contribution in [0.15, 0.2) is 67.1 Å². The van der Waals surface area contributed by atoms with E-state index >= 15 is 0 Å². The van der Waals surface area contributed by atoms with Crippen LogP contribution in [-0.4, -0.2) is 57.0 Å². The van der Waals surface area contributed by atoms with E-state index in [4.69, 9.17) is 4.74 Å². The molecular formula is C27H26N4O4. The number of rotatable bonds is 8. The first-order valence-electron chi connectivity index (χ1n) is 11.7. The number of aliphatic hydroxyl groups is 1. The quantitative estimate of drug-likeness (QED) is 0.337. The van der Waals surface area contributed by atoms with Crippen molar-refractivity contribution in [3.8, 4) is 0 Å². The van der Waals surface area contributed by atoms with E-state index in [1.54, 1.807) is 30.5 Å². The number of ketones is 2. The Morgan fingerprint density at radius 2 is 1.83 bits per heavy atom. The van der Waals surface area contributed by atoms with Gasteiger partial charge in [-0.2, -0.15) is 0 Å². The van der Waals surface area contributed by atoms with Crippen molar-refractivity contribution in [2.24, 2.45) is 0 Å². The number of hydrogen-bond acceptors (Lipinski definition) is 7. The summed E-state index contributed by atoms with van der Waals surface area (Å²) >= 11 is 0. The average Bonchev–Trinajstić information content (AvgIpc) is 3.35. The maximum absolute atomic E-state index is 13.4. The zero-order valence-corrected chi connectivity index (χ0v) is 19.1. The van der Waals surface area contributed by atoms with E-state index in [1.807, 2.05) is 30.3 Å². The van der Waals surface area contributed by atoms with Crippen LogP contribution in [0.4, 0.5) is 5.82 Å². The van der Waals surface area contributed by atoms with E-state index in [2.05, 4.69) is 20.3 Å². The second-order valence-corrected chi connectivity index (χ2v) is 8.70. The number of Topliss-reactive ketones (excluding diaryl/α,β-unsaturated/α-hetero) is 1. The lowest BCUT2D eigenvalue weighted by molar-refractivity contribution is -0.0224. The van der Waals surface area contributed by atoms with Gasteiger partial charge in [-0.25, -0.2) is 9.97 Å². The summed E-state index contributed by atoms with van der Waals surface area (Å²) in [6, 6.07) is 16.3. The Kier molecular flexibility index (Phi) is 6.65. The molecule has 1 aliphatic rings. The van der Waals surface area contributed by atoms with Crippen LogP contribution in [0.2, 0.25) is 0 Å². The molecule has 0 aliphatic carbocycles. The molecular weight excluding hydrogens is 444 g/mol. The third kappa shape index (κ3) is 4.99. The van der Waals surface area contributed by atoms with Gasteiger partial charge in [0.05, 0.1) is 36.3 Å². The number of benzene rings is 2. The molecule has 2 atom stereocenters. The molecule has 3 heterocycles. The molecule has 0 unspecified atom stereocenters. The molecule has 1 fully saturated rings. The molecule has 0 radical (unpaired) electrons. The van der Waals surface area contributed by atoms with E-state index in [0.717, 1.165) is 18.4 Å². The van der Waals surface area contributed by atoms with Crippen LogP contribution >= 0.6 is 0 Å². The van der Waals surface area contributed by atoms with Gasteiger partial charge in [0, 0.05) is 23.7 Å². The van der Waals surface area contributed by atoms with Crippen molar-refractivity contribution in [3.63, 3.8) is 0 Å². The number of anilines is 1. The Morgan fingerprint density at radius 3 is 2.54 bits per heavy atom. The van der Waals surface area contributed by atoms with Gasteiger partial charge < -0.3 is 20.1 Å². The van der Waals surface area contributed by atoms with Crippen molar-refractivity contribution in [1.29, 1.82) is 0 Å². The van der Waals surface area contributed by atoms with Crippen molar-refractivity contribution in [2.75, 3.05) is 18.5 Å². The molecule has 0 spiro atoms. The molecule has 5 rings (SSSR count). The molecule has 0 bridgehead atoms. The number of nitrogens with zero attached hydrogens (tertiary/aromatic N) is 2. The molecule has 2 aromatic carbocycles. The molecule has 8 nitrogen and oxygen atoms in total. The van der Waals surface area contributed by atoms with Gasteiger partial charge in [0.25, 0.3) is 0 Å². The van der Waals surface area contributed by atoms with Crippen LogP contribution < -0.4 is 5.32 Å². The number of H-pyrrole nitrogens is 1. The second kappa shape index (κ2) is 10.2. The molecule has 8 heteroatoms. The minimum Gasteiger partial charge on any atom is -0.394 e. The van der Waals surface area contributed by atoms with Gasteiger partial charge in [0.2, 0.25) is 0 Å². The van der Waals surface area contributed by atoms with E-state index in [9.17, 15) is 14.7 Å². The van der Waals surface area contributed by atoms with Crippen LogP contribution in [0.1, 0.15) is 44.7 Å². The Bertz CT molecular complexity index is 1330. The number of carbonyl (C=O) groups is 2. The number of fused-ring (bicyclic) bond motifs is 1. The summed E-state index contributed by atoms with van der Waals surface area (Å²) in [5.74, 6) is 0.446. The topological polar surface area (TPSA) is 117 Å². The highest BCUT2D eigenvalue weighted by atomic mass is 16.5. The highest BCUT2D eigenvalue weighted by molar-refractivity contribution is 6.18. The van der Waals surface area contributed by atoms with Crippen molar-refractivity contribution in [3.05, 3.63) is 89.4 Å². The number of carbonyl (C=O) groups excluding carboxylic acids is 2. The highest BCUT2D eigenvalue weighted by Gasteiger charge is 2.24. The monoisotopic (exact) mass is 470 g/mol. The fourth-order valence-electron chi connectivity index (χ4n) is 4.35. The summed E-state index contributed by atoms with van der Waals surface area (Å²) in [4.78, 5) is 37.6. The van der Waals surface area contributed by atoms with Gasteiger partial charge in [-0.15, -0.1) is 0 Å². The van der Waals surface area contributed by atoms with E-state index in [1.165, 1.54) is 6.33 Å². The average molecular weight is 471 g/mol. The molecule has 4 aromatic rings. The molecule has 0 amide bonds. The molecule has 1 aliphatic heterocycles. The molecule has 0 saturated carbocycles. The van der Waals surface area contributed by atoms with Crippen molar-refractivity contribution < 1.29 is 19.4 Å². The van der Waals surface area contributed by atoms with Gasteiger partial charge >= 0.3 is 0 Å². The third-order valence-corrected chi connectivity index (χ3v) is 6.31. The fourth-order valence-corrected chi connectivity index (χ4v) is 4.35. The van der Waals surface area contributed by atoms with Crippen molar-refractivity contribution in [2.45, 2.75) is 31.4 Å². The minimum absolute atomic E-state index is 0.0140. The number of hydrogen-bond donors (Lipinski definition) is 3. The second-order valence-electron chi connectivity index (χ2n) is 8.70. The Morgan fingerprint density at radius 1 is 1.03 bits per heavy atom. The molecule has 3 N–H and O–H groups in total. The van der Waals surface area contributed by atoms with Crippen molar-refractivity contribution in [1.82, 2.24) is 15.0 Å². The van der Waals surface area contributed by atoms with Crippen LogP contribution in [0.5, 0.6) is 0 Å². The summed E-state index contributed by atoms with van der Waals surface area (Å²) in [6.07, 6.45) is 4.82. The summed E-state index contributed by atoms with van der Waals surface area (Å²) in [5, 5.41) is 13.3. The van der Waals surface area contributed by atoms with Crippen molar-refractivity contribution >= 4 is 28.4 Å². The molecule has 35 heavy (non-hydrogen) atoms. The number of ether oxygens (including phenoxy) is 1. The van der Waals surface area contributed by atoms with Gasteiger partial charge in [-0.1, -0.05) is 54.6 Å². The third-order valence-electron chi connectivity index (χ3n) is 6.31. The Hall–Kier alpha value is -3.88. The lowest BCUT2D eigenvalue weighted by Crippen LogP contribution is -2.36. The fraction of sp³-hybridized carbons (Fsp3) is 0.259. The normalized spacial score (nSPS) is 17.9. The SMILES string of the molecule is O=C(Cc1ccc(C(=O)c2c[nH]c3ncnc(N[C@H]4CC[C@H](CO)OC4)c23)cc1)c1ccccc1. The van der Waals surface area contributed by atoms with Gasteiger partial charge in [-0.3, -0.25) is 9.59 Å². The summed E-state index contributed by atoms with van der Waals surface area (Å²) in [7, 11) is 0. The first-order chi connectivity index (χ1) is 17.1. The Balaban J connectivity index is 1.34. The van der Waals surface area contributed by atoms with E-state index in [0.29, 0.717) is 40.1 Å². The maximum atomic E-state index is 13.4. The van der Waals surface area contributed by atoms with Crippen LogP contribution in [0, 0.1) is 0 Å². The van der Waals surface area contributed by atoms with Crippen LogP contribution in [-0.2, 0) is 11.2 Å².